The van der Waals surface area contributed by atoms with Crippen LogP contribution in [0.3, 0.4) is 0 Å². The van der Waals surface area contributed by atoms with E-state index < -0.39 is 5.82 Å². The van der Waals surface area contributed by atoms with Crippen molar-refractivity contribution in [2.75, 3.05) is 27.2 Å². The first kappa shape index (κ1) is 14.3. The van der Waals surface area contributed by atoms with Crippen LogP contribution in [0.15, 0.2) is 18.2 Å². The average Bonchev–Trinajstić information content (AvgIpc) is 2.41. The minimum Gasteiger partial charge on any atom is -0.339 e. The Morgan fingerprint density at radius 2 is 2.05 bits per heavy atom. The Labute approximate surface area is 117 Å². The molecule has 0 saturated carbocycles. The fourth-order valence-electron chi connectivity index (χ4n) is 2.40. The minimum atomic E-state index is -0.519. The van der Waals surface area contributed by atoms with Crippen molar-refractivity contribution in [3.05, 3.63) is 34.6 Å². The molecule has 5 heteroatoms. The Bertz CT molecular complexity index is 473. The number of halogens is 2. The molecule has 0 aromatic heterocycles. The van der Waals surface area contributed by atoms with E-state index in [1.165, 1.54) is 18.2 Å². The first-order valence-corrected chi connectivity index (χ1v) is 6.77. The lowest BCUT2D eigenvalue weighted by Gasteiger charge is -2.35. The van der Waals surface area contributed by atoms with Crippen molar-refractivity contribution in [3.8, 4) is 0 Å². The molecule has 0 atom stereocenters. The number of amides is 1. The van der Waals surface area contributed by atoms with Crippen LogP contribution in [0.1, 0.15) is 23.2 Å². The second-order valence-electron chi connectivity index (χ2n) is 5.07. The van der Waals surface area contributed by atoms with Gasteiger partial charge in [0.1, 0.15) is 5.82 Å². The predicted molar refractivity (Wildman–Crippen MR) is 74.0 cm³/mol. The fraction of sp³-hybridized carbons (Fsp3) is 0.500. The number of rotatable bonds is 2. The molecule has 1 fully saturated rings. The maximum Gasteiger partial charge on any atom is 0.256 e. The molecule has 0 bridgehead atoms. The van der Waals surface area contributed by atoms with Gasteiger partial charge in [0.15, 0.2) is 0 Å². The van der Waals surface area contributed by atoms with Crippen LogP contribution in [0, 0.1) is 5.82 Å². The van der Waals surface area contributed by atoms with Gasteiger partial charge in [0, 0.05) is 18.1 Å². The van der Waals surface area contributed by atoms with E-state index in [1.54, 1.807) is 11.9 Å². The van der Waals surface area contributed by atoms with Crippen molar-refractivity contribution in [2.45, 2.75) is 18.9 Å². The van der Waals surface area contributed by atoms with Crippen molar-refractivity contribution in [3.63, 3.8) is 0 Å². The van der Waals surface area contributed by atoms with E-state index in [1.807, 2.05) is 0 Å². The van der Waals surface area contributed by atoms with Gasteiger partial charge in [-0.2, -0.15) is 0 Å². The van der Waals surface area contributed by atoms with Gasteiger partial charge >= 0.3 is 0 Å². The molecule has 19 heavy (non-hydrogen) atoms. The van der Waals surface area contributed by atoms with Crippen molar-refractivity contribution < 1.29 is 9.18 Å². The number of carbonyl (C=O) groups excluding carboxylic acids is 1. The number of benzene rings is 1. The zero-order valence-electron chi connectivity index (χ0n) is 11.2. The Balaban J connectivity index is 2.12. The van der Waals surface area contributed by atoms with Gasteiger partial charge in [-0.15, -0.1) is 0 Å². The number of piperidine rings is 1. The smallest absolute Gasteiger partial charge is 0.256 e. The molecule has 0 aliphatic carbocycles. The van der Waals surface area contributed by atoms with Crippen LogP contribution in [0.4, 0.5) is 4.39 Å². The Kier molecular flexibility index (Phi) is 4.42. The quantitative estimate of drug-likeness (QED) is 0.833. The molecule has 3 nitrogen and oxygen atoms in total. The highest BCUT2D eigenvalue weighted by Crippen LogP contribution is 2.20. The van der Waals surface area contributed by atoms with Crippen LogP contribution in [-0.4, -0.2) is 48.9 Å². The van der Waals surface area contributed by atoms with E-state index in [0.717, 1.165) is 25.9 Å². The summed E-state index contributed by atoms with van der Waals surface area (Å²) >= 11 is 5.83. The van der Waals surface area contributed by atoms with Gasteiger partial charge in [-0.05, 0) is 51.2 Å². The Hall–Kier alpha value is -1.13. The maximum absolute atomic E-state index is 13.7. The van der Waals surface area contributed by atoms with E-state index in [0.29, 0.717) is 5.02 Å². The summed E-state index contributed by atoms with van der Waals surface area (Å²) in [5, 5.41) is 0.376. The van der Waals surface area contributed by atoms with Crippen LogP contribution in [0.25, 0.3) is 0 Å². The molecule has 1 amide bonds. The zero-order valence-corrected chi connectivity index (χ0v) is 12.0. The molecule has 1 aromatic carbocycles. The average molecular weight is 285 g/mol. The third-order valence-corrected chi connectivity index (χ3v) is 3.95. The lowest BCUT2D eigenvalue weighted by molar-refractivity contribution is 0.0655. The highest BCUT2D eigenvalue weighted by Gasteiger charge is 2.26. The van der Waals surface area contributed by atoms with E-state index in [-0.39, 0.29) is 17.5 Å². The third-order valence-electron chi connectivity index (χ3n) is 3.71. The first-order valence-electron chi connectivity index (χ1n) is 6.40. The van der Waals surface area contributed by atoms with Crippen LogP contribution in [0.2, 0.25) is 5.02 Å². The van der Waals surface area contributed by atoms with E-state index in [4.69, 9.17) is 11.6 Å². The molecular formula is C14H18ClFN2O. The second kappa shape index (κ2) is 5.88. The monoisotopic (exact) mass is 284 g/mol. The molecule has 1 aliphatic rings. The summed E-state index contributed by atoms with van der Waals surface area (Å²) < 4.78 is 13.7. The molecule has 104 valence electrons. The van der Waals surface area contributed by atoms with E-state index >= 15 is 0 Å². The topological polar surface area (TPSA) is 23.6 Å². The van der Waals surface area contributed by atoms with Crippen molar-refractivity contribution in [2.24, 2.45) is 0 Å². The molecule has 1 saturated heterocycles. The number of hydrogen-bond acceptors (Lipinski definition) is 2. The van der Waals surface area contributed by atoms with Crippen molar-refractivity contribution >= 4 is 17.5 Å². The predicted octanol–water partition coefficient (Wildman–Crippen LogP) is 2.65. The van der Waals surface area contributed by atoms with Gasteiger partial charge in [-0.25, -0.2) is 4.39 Å². The summed E-state index contributed by atoms with van der Waals surface area (Å²) in [6, 6.07) is 4.24. The normalized spacial score (nSPS) is 17.5. The van der Waals surface area contributed by atoms with Gasteiger partial charge in [0.2, 0.25) is 0 Å². The SMILES string of the molecule is CN1CCC(N(C)C(=O)c2cc(Cl)ccc2F)CC1. The first-order chi connectivity index (χ1) is 8.99. The Morgan fingerprint density at radius 1 is 1.42 bits per heavy atom. The zero-order chi connectivity index (χ0) is 14.0. The third kappa shape index (κ3) is 3.25. The molecule has 1 aliphatic heterocycles. The summed E-state index contributed by atoms with van der Waals surface area (Å²) in [6.45, 7) is 1.92. The highest BCUT2D eigenvalue weighted by atomic mass is 35.5. The summed E-state index contributed by atoms with van der Waals surface area (Å²) in [5.41, 5.74) is 0.0499. The molecule has 2 rings (SSSR count). The van der Waals surface area contributed by atoms with Crippen LogP contribution in [0.5, 0.6) is 0 Å². The van der Waals surface area contributed by atoms with Gasteiger partial charge in [0.05, 0.1) is 5.56 Å². The van der Waals surface area contributed by atoms with Crippen molar-refractivity contribution in [1.82, 2.24) is 9.80 Å². The summed E-state index contributed by atoms with van der Waals surface area (Å²) in [4.78, 5) is 16.2. The van der Waals surface area contributed by atoms with Crippen LogP contribution in [-0.2, 0) is 0 Å². The van der Waals surface area contributed by atoms with Gasteiger partial charge in [-0.3, -0.25) is 4.79 Å². The molecular weight excluding hydrogens is 267 g/mol. The van der Waals surface area contributed by atoms with Gasteiger partial charge in [0.25, 0.3) is 5.91 Å². The fourth-order valence-corrected chi connectivity index (χ4v) is 2.57. The molecule has 0 unspecified atom stereocenters. The lowest BCUT2D eigenvalue weighted by atomic mass is 10.0. The van der Waals surface area contributed by atoms with E-state index in [9.17, 15) is 9.18 Å². The molecule has 0 spiro atoms. The molecule has 0 N–H and O–H groups in total. The highest BCUT2D eigenvalue weighted by molar-refractivity contribution is 6.31. The standard InChI is InChI=1S/C14H18ClFN2O/c1-17-7-5-11(6-8-17)18(2)14(19)12-9-10(15)3-4-13(12)16/h3-4,9,11H,5-8H2,1-2H3. The lowest BCUT2D eigenvalue weighted by Crippen LogP contribution is -2.44. The largest absolute Gasteiger partial charge is 0.339 e. The summed E-state index contributed by atoms with van der Waals surface area (Å²) in [7, 11) is 3.80. The van der Waals surface area contributed by atoms with Gasteiger partial charge < -0.3 is 9.80 Å². The minimum absolute atomic E-state index is 0.0499. The van der Waals surface area contributed by atoms with E-state index in [2.05, 4.69) is 11.9 Å². The molecule has 0 radical (unpaired) electrons. The molecule has 1 heterocycles. The Morgan fingerprint density at radius 3 is 2.68 bits per heavy atom. The van der Waals surface area contributed by atoms with Gasteiger partial charge in [-0.1, -0.05) is 11.6 Å². The molecule has 1 aromatic rings. The number of carbonyl (C=O) groups is 1. The second-order valence-corrected chi connectivity index (χ2v) is 5.51. The number of likely N-dealkylation sites (tertiary alicyclic amines) is 1. The summed E-state index contributed by atoms with van der Waals surface area (Å²) in [5.74, 6) is -0.816. The number of hydrogen-bond donors (Lipinski definition) is 0. The maximum atomic E-state index is 13.7. The van der Waals surface area contributed by atoms with Crippen LogP contribution < -0.4 is 0 Å². The summed E-state index contributed by atoms with van der Waals surface area (Å²) in [6.07, 6.45) is 1.84. The van der Waals surface area contributed by atoms with Crippen LogP contribution >= 0.6 is 11.6 Å². The van der Waals surface area contributed by atoms with Crippen molar-refractivity contribution in [1.29, 1.82) is 0 Å². The number of nitrogens with zero attached hydrogens (tertiary/aromatic N) is 2.